The van der Waals surface area contributed by atoms with E-state index in [4.69, 9.17) is 4.74 Å². The van der Waals surface area contributed by atoms with Crippen LogP contribution >= 0.6 is 24.0 Å². The second-order valence-corrected chi connectivity index (χ2v) is 6.72. The summed E-state index contributed by atoms with van der Waals surface area (Å²) in [4.78, 5) is 16.2. The fraction of sp³-hybridized carbons (Fsp3) is 0.600. The van der Waals surface area contributed by atoms with Crippen molar-refractivity contribution in [2.75, 3.05) is 33.3 Å². The maximum Gasteiger partial charge on any atom is 0.223 e. The molecule has 0 aromatic heterocycles. The van der Waals surface area contributed by atoms with Crippen molar-refractivity contribution in [2.24, 2.45) is 10.9 Å². The predicted octanol–water partition coefficient (Wildman–Crippen LogP) is 2.89. The molecular formula is C20H33IN4O2. The molecule has 1 saturated carbocycles. The fourth-order valence-corrected chi connectivity index (χ4v) is 2.67. The van der Waals surface area contributed by atoms with Crippen LogP contribution in [-0.4, -0.2) is 45.2 Å². The van der Waals surface area contributed by atoms with Gasteiger partial charge >= 0.3 is 0 Å². The Balaban J connectivity index is 0.00000364. The third-order valence-corrected chi connectivity index (χ3v) is 4.53. The number of hydrogen-bond donors (Lipinski definition) is 3. The Morgan fingerprint density at radius 3 is 2.44 bits per heavy atom. The number of hydrogen-bond acceptors (Lipinski definition) is 3. The second-order valence-electron chi connectivity index (χ2n) is 6.72. The Morgan fingerprint density at radius 2 is 1.85 bits per heavy atom. The summed E-state index contributed by atoms with van der Waals surface area (Å²) < 4.78 is 5.20. The number of ether oxygens (including phenoxy) is 1. The van der Waals surface area contributed by atoms with E-state index in [0.717, 1.165) is 44.1 Å². The van der Waals surface area contributed by atoms with Gasteiger partial charge in [0, 0.05) is 32.1 Å². The summed E-state index contributed by atoms with van der Waals surface area (Å²) in [6.45, 7) is 7.13. The number of carbonyl (C=O) groups is 1. The summed E-state index contributed by atoms with van der Waals surface area (Å²) in [7, 11) is 1.68. The van der Waals surface area contributed by atoms with Crippen LogP contribution in [0, 0.1) is 5.92 Å². The molecule has 0 spiro atoms. The number of benzene rings is 1. The van der Waals surface area contributed by atoms with Crippen molar-refractivity contribution in [2.45, 2.75) is 39.0 Å². The number of amides is 1. The number of nitrogens with one attached hydrogen (secondary N) is 3. The largest absolute Gasteiger partial charge is 0.497 e. The summed E-state index contributed by atoms with van der Waals surface area (Å²) in [6, 6.07) is 8.21. The molecule has 0 bridgehead atoms. The first-order valence-corrected chi connectivity index (χ1v) is 9.57. The summed E-state index contributed by atoms with van der Waals surface area (Å²) >= 11 is 0. The van der Waals surface area contributed by atoms with Crippen molar-refractivity contribution in [3.8, 4) is 5.75 Å². The number of nitrogens with zero attached hydrogens (tertiary/aromatic N) is 1. The fourth-order valence-electron chi connectivity index (χ4n) is 2.67. The van der Waals surface area contributed by atoms with Crippen LogP contribution in [-0.2, 0) is 4.79 Å². The van der Waals surface area contributed by atoms with Crippen LogP contribution < -0.4 is 20.7 Å². The van der Waals surface area contributed by atoms with Gasteiger partial charge in [-0.15, -0.1) is 24.0 Å². The van der Waals surface area contributed by atoms with Gasteiger partial charge in [0.15, 0.2) is 5.96 Å². The van der Waals surface area contributed by atoms with Gasteiger partial charge in [0.1, 0.15) is 5.75 Å². The molecule has 1 fully saturated rings. The first-order valence-electron chi connectivity index (χ1n) is 9.57. The summed E-state index contributed by atoms with van der Waals surface area (Å²) in [5.41, 5.74) is 1.29. The monoisotopic (exact) mass is 488 g/mol. The number of rotatable bonds is 10. The average molecular weight is 488 g/mol. The molecule has 1 aromatic carbocycles. The Hall–Kier alpha value is -1.51. The lowest BCUT2D eigenvalue weighted by Gasteiger charge is -2.14. The molecule has 1 atom stereocenters. The quantitative estimate of drug-likeness (QED) is 0.205. The van der Waals surface area contributed by atoms with Crippen molar-refractivity contribution in [1.29, 1.82) is 0 Å². The molecule has 27 heavy (non-hydrogen) atoms. The second kappa shape index (κ2) is 12.8. The molecule has 3 N–H and O–H groups in total. The lowest BCUT2D eigenvalue weighted by Crippen LogP contribution is -2.41. The highest BCUT2D eigenvalue weighted by molar-refractivity contribution is 14.0. The van der Waals surface area contributed by atoms with Crippen molar-refractivity contribution < 1.29 is 9.53 Å². The van der Waals surface area contributed by atoms with Gasteiger partial charge in [-0.3, -0.25) is 9.79 Å². The molecule has 1 amide bonds. The number of methoxy groups -OCH3 is 1. The minimum atomic E-state index is 0. The number of aliphatic imine (C=N–C) groups is 1. The molecule has 1 aromatic rings. The lowest BCUT2D eigenvalue weighted by atomic mass is 9.98. The van der Waals surface area contributed by atoms with Gasteiger partial charge in [0.05, 0.1) is 7.11 Å². The molecule has 0 saturated heterocycles. The third-order valence-electron chi connectivity index (χ3n) is 4.53. The maximum atomic E-state index is 11.6. The van der Waals surface area contributed by atoms with Crippen LogP contribution in [0.15, 0.2) is 29.3 Å². The van der Waals surface area contributed by atoms with Crippen LogP contribution in [0.4, 0.5) is 0 Å². The van der Waals surface area contributed by atoms with E-state index in [1.165, 1.54) is 5.56 Å². The Kier molecular flexibility index (Phi) is 11.2. The van der Waals surface area contributed by atoms with Crippen LogP contribution in [0.3, 0.4) is 0 Å². The molecule has 0 aliphatic heterocycles. The minimum Gasteiger partial charge on any atom is -0.497 e. The smallest absolute Gasteiger partial charge is 0.223 e. The van der Waals surface area contributed by atoms with Crippen LogP contribution in [0.2, 0.25) is 0 Å². The van der Waals surface area contributed by atoms with Crippen molar-refractivity contribution in [3.05, 3.63) is 29.8 Å². The first-order chi connectivity index (χ1) is 12.6. The van der Waals surface area contributed by atoms with E-state index in [1.807, 2.05) is 19.1 Å². The topological polar surface area (TPSA) is 74.8 Å². The van der Waals surface area contributed by atoms with Crippen molar-refractivity contribution in [3.63, 3.8) is 0 Å². The van der Waals surface area contributed by atoms with Gasteiger partial charge in [0.2, 0.25) is 5.91 Å². The molecule has 1 unspecified atom stereocenters. The van der Waals surface area contributed by atoms with E-state index in [1.54, 1.807) is 7.11 Å². The van der Waals surface area contributed by atoms with Gasteiger partial charge in [-0.1, -0.05) is 19.1 Å². The standard InChI is InChI=1S/C20H32N4O2.HI/c1-4-21-20(24-14-13-22-19(25)17-5-6-17)23-12-11-15(2)16-7-9-18(26-3)10-8-16;/h7-10,15,17H,4-6,11-14H2,1-3H3,(H,22,25)(H2,21,23,24);1H. The summed E-state index contributed by atoms with van der Waals surface area (Å²) in [5.74, 6) is 2.56. The van der Waals surface area contributed by atoms with Crippen LogP contribution in [0.25, 0.3) is 0 Å². The Morgan fingerprint density at radius 1 is 1.19 bits per heavy atom. The highest BCUT2D eigenvalue weighted by atomic mass is 127. The maximum absolute atomic E-state index is 11.6. The number of carbonyl (C=O) groups excluding carboxylic acids is 1. The zero-order valence-corrected chi connectivity index (χ0v) is 18.9. The zero-order valence-electron chi connectivity index (χ0n) is 16.6. The Labute approximate surface area is 179 Å². The molecule has 6 nitrogen and oxygen atoms in total. The lowest BCUT2D eigenvalue weighted by molar-refractivity contribution is -0.122. The predicted molar refractivity (Wildman–Crippen MR) is 121 cm³/mol. The minimum absolute atomic E-state index is 0. The number of guanidine groups is 1. The van der Waals surface area contributed by atoms with Crippen LogP contribution in [0.1, 0.15) is 44.6 Å². The molecule has 7 heteroatoms. The van der Waals surface area contributed by atoms with Gasteiger partial charge in [-0.05, 0) is 49.8 Å². The van der Waals surface area contributed by atoms with Crippen molar-refractivity contribution >= 4 is 35.8 Å². The van der Waals surface area contributed by atoms with E-state index in [0.29, 0.717) is 19.0 Å². The molecule has 1 aliphatic carbocycles. The highest BCUT2D eigenvalue weighted by Crippen LogP contribution is 2.28. The van der Waals surface area contributed by atoms with Gasteiger partial charge in [0.25, 0.3) is 0 Å². The van der Waals surface area contributed by atoms with Gasteiger partial charge < -0.3 is 20.7 Å². The third kappa shape index (κ3) is 8.81. The molecular weight excluding hydrogens is 455 g/mol. The van der Waals surface area contributed by atoms with E-state index in [9.17, 15) is 4.79 Å². The zero-order chi connectivity index (χ0) is 18.8. The first kappa shape index (κ1) is 23.5. The average Bonchev–Trinajstić information content (AvgIpc) is 3.50. The van der Waals surface area contributed by atoms with E-state index in [2.05, 4.69) is 40.0 Å². The number of halogens is 1. The molecule has 0 heterocycles. The highest BCUT2D eigenvalue weighted by Gasteiger charge is 2.28. The molecule has 2 rings (SSSR count). The molecule has 0 radical (unpaired) electrons. The van der Waals surface area contributed by atoms with Gasteiger partial charge in [-0.2, -0.15) is 0 Å². The summed E-state index contributed by atoms with van der Waals surface area (Å²) in [6.07, 6.45) is 3.05. The van der Waals surface area contributed by atoms with Crippen molar-refractivity contribution in [1.82, 2.24) is 16.0 Å². The normalized spacial score (nSPS) is 14.7. The van der Waals surface area contributed by atoms with E-state index < -0.39 is 0 Å². The SMILES string of the molecule is CCNC(=NCCC(C)c1ccc(OC)cc1)NCCNC(=O)C1CC1.I. The Bertz CT molecular complexity index is 588. The van der Waals surface area contributed by atoms with Crippen LogP contribution in [0.5, 0.6) is 5.75 Å². The molecule has 1 aliphatic rings. The van der Waals surface area contributed by atoms with Gasteiger partial charge in [-0.25, -0.2) is 0 Å². The summed E-state index contributed by atoms with van der Waals surface area (Å²) in [5, 5.41) is 9.47. The molecule has 152 valence electrons. The van der Waals surface area contributed by atoms with E-state index in [-0.39, 0.29) is 35.8 Å². The van der Waals surface area contributed by atoms with E-state index >= 15 is 0 Å².